The molecule has 1 aliphatic heterocycles. The van der Waals surface area contributed by atoms with Crippen LogP contribution < -0.4 is 10.6 Å². The minimum Gasteiger partial charge on any atom is -0.507 e. The van der Waals surface area contributed by atoms with Crippen LogP contribution >= 0.6 is 23.2 Å². The van der Waals surface area contributed by atoms with Gasteiger partial charge in [-0.05, 0) is 53.3 Å². The molecule has 212 valence electrons. The van der Waals surface area contributed by atoms with Crippen LogP contribution in [0.3, 0.4) is 0 Å². The van der Waals surface area contributed by atoms with Crippen molar-refractivity contribution in [3.05, 3.63) is 99.0 Å². The van der Waals surface area contributed by atoms with Crippen LogP contribution in [0, 0.1) is 5.92 Å². The number of para-hydroxylation sites is 1. The SMILES string of the molecule is CC(CNC(=O)c1ccccc1O)Cc1ccc(CC(=O)NCC2CN(Cc3ccc(Cl)c(Cl)c3)CCO2)cc1. The number of phenols is 1. The van der Waals surface area contributed by atoms with E-state index >= 15 is 0 Å². The molecule has 2 amide bonds. The molecule has 3 aromatic carbocycles. The lowest BCUT2D eigenvalue weighted by atomic mass is 9.99. The summed E-state index contributed by atoms with van der Waals surface area (Å²) >= 11 is 12.2. The number of amides is 2. The van der Waals surface area contributed by atoms with Crippen LogP contribution in [0.4, 0.5) is 0 Å². The number of nitrogens with one attached hydrogen (secondary N) is 2. The molecule has 0 spiro atoms. The normalized spacial score (nSPS) is 16.3. The average molecular weight is 585 g/mol. The molecule has 1 saturated heterocycles. The Labute approximate surface area is 245 Å². The molecule has 1 fully saturated rings. The first-order chi connectivity index (χ1) is 19.3. The molecule has 9 heteroatoms. The van der Waals surface area contributed by atoms with E-state index in [1.54, 1.807) is 18.2 Å². The lowest BCUT2D eigenvalue weighted by molar-refractivity contribution is -0.121. The highest BCUT2D eigenvalue weighted by molar-refractivity contribution is 6.42. The van der Waals surface area contributed by atoms with E-state index in [-0.39, 0.29) is 35.1 Å². The number of ether oxygens (including phenoxy) is 1. The van der Waals surface area contributed by atoms with E-state index in [4.69, 9.17) is 27.9 Å². The summed E-state index contributed by atoms with van der Waals surface area (Å²) in [6.45, 7) is 5.91. The Morgan fingerprint density at radius 2 is 1.73 bits per heavy atom. The van der Waals surface area contributed by atoms with Gasteiger partial charge in [0.15, 0.2) is 0 Å². The fraction of sp³-hybridized carbons (Fsp3) is 0.355. The highest BCUT2D eigenvalue weighted by atomic mass is 35.5. The number of aromatic hydroxyl groups is 1. The molecular formula is C31H35Cl2N3O4. The summed E-state index contributed by atoms with van der Waals surface area (Å²) in [4.78, 5) is 27.2. The maximum Gasteiger partial charge on any atom is 0.255 e. The van der Waals surface area contributed by atoms with Gasteiger partial charge in [-0.25, -0.2) is 0 Å². The van der Waals surface area contributed by atoms with Gasteiger partial charge in [-0.15, -0.1) is 0 Å². The molecule has 0 aromatic heterocycles. The first-order valence-electron chi connectivity index (χ1n) is 13.5. The van der Waals surface area contributed by atoms with E-state index in [0.29, 0.717) is 36.2 Å². The summed E-state index contributed by atoms with van der Waals surface area (Å²) in [6, 6.07) is 20.2. The van der Waals surface area contributed by atoms with E-state index < -0.39 is 0 Å². The van der Waals surface area contributed by atoms with Gasteiger partial charge in [0.05, 0.1) is 34.7 Å². The van der Waals surface area contributed by atoms with Crippen LogP contribution in [0.2, 0.25) is 10.0 Å². The molecule has 1 aliphatic rings. The molecule has 0 radical (unpaired) electrons. The number of phenolic OH excluding ortho intramolecular Hbond substituents is 1. The zero-order chi connectivity index (χ0) is 28.5. The van der Waals surface area contributed by atoms with Gasteiger partial charge in [0, 0.05) is 32.7 Å². The van der Waals surface area contributed by atoms with Crippen molar-refractivity contribution < 1.29 is 19.4 Å². The number of carbonyl (C=O) groups excluding carboxylic acids is 2. The molecule has 0 aliphatic carbocycles. The van der Waals surface area contributed by atoms with Gasteiger partial charge < -0.3 is 20.5 Å². The molecule has 3 N–H and O–H groups in total. The van der Waals surface area contributed by atoms with Gasteiger partial charge in [-0.2, -0.15) is 0 Å². The number of halogens is 2. The van der Waals surface area contributed by atoms with Gasteiger partial charge in [0.2, 0.25) is 5.91 Å². The van der Waals surface area contributed by atoms with Crippen LogP contribution in [0.1, 0.15) is 34.0 Å². The smallest absolute Gasteiger partial charge is 0.255 e. The molecule has 2 unspecified atom stereocenters. The van der Waals surface area contributed by atoms with Crippen molar-refractivity contribution in [3.8, 4) is 5.75 Å². The maximum atomic E-state index is 12.6. The Morgan fingerprint density at radius 1 is 1.00 bits per heavy atom. The fourth-order valence-corrected chi connectivity index (χ4v) is 5.04. The molecular weight excluding hydrogens is 549 g/mol. The predicted molar refractivity (Wildman–Crippen MR) is 158 cm³/mol. The summed E-state index contributed by atoms with van der Waals surface area (Å²) in [5.74, 6) is -0.154. The van der Waals surface area contributed by atoms with Crippen molar-refractivity contribution in [1.82, 2.24) is 15.5 Å². The van der Waals surface area contributed by atoms with Crippen molar-refractivity contribution in [2.45, 2.75) is 32.4 Å². The second kappa shape index (κ2) is 14.5. The minimum absolute atomic E-state index is 0.0274. The fourth-order valence-electron chi connectivity index (χ4n) is 4.71. The second-order valence-electron chi connectivity index (χ2n) is 10.3. The topological polar surface area (TPSA) is 90.9 Å². The van der Waals surface area contributed by atoms with Crippen LogP contribution in [0.5, 0.6) is 5.75 Å². The largest absolute Gasteiger partial charge is 0.507 e. The minimum atomic E-state index is -0.288. The summed E-state index contributed by atoms with van der Waals surface area (Å²) in [5.41, 5.74) is 3.43. The summed E-state index contributed by atoms with van der Waals surface area (Å²) in [5, 5.41) is 16.8. The van der Waals surface area contributed by atoms with E-state index in [2.05, 4.69) is 22.5 Å². The Hall–Kier alpha value is -3.10. The zero-order valence-corrected chi connectivity index (χ0v) is 24.0. The third kappa shape index (κ3) is 8.96. The van der Waals surface area contributed by atoms with Crippen LogP contribution in [-0.2, 0) is 28.9 Å². The van der Waals surface area contributed by atoms with Crippen LogP contribution in [-0.4, -0.2) is 60.7 Å². The van der Waals surface area contributed by atoms with Gasteiger partial charge in [-0.3, -0.25) is 14.5 Å². The average Bonchev–Trinajstić information content (AvgIpc) is 2.94. The van der Waals surface area contributed by atoms with Crippen molar-refractivity contribution >= 4 is 35.0 Å². The van der Waals surface area contributed by atoms with Gasteiger partial charge in [-0.1, -0.05) is 72.6 Å². The Morgan fingerprint density at radius 3 is 2.48 bits per heavy atom. The number of rotatable bonds is 11. The predicted octanol–water partition coefficient (Wildman–Crippen LogP) is 4.87. The van der Waals surface area contributed by atoms with Crippen molar-refractivity contribution in [1.29, 1.82) is 0 Å². The van der Waals surface area contributed by atoms with Crippen molar-refractivity contribution in [3.63, 3.8) is 0 Å². The molecule has 40 heavy (non-hydrogen) atoms. The lowest BCUT2D eigenvalue weighted by Gasteiger charge is -2.33. The molecule has 1 heterocycles. The Bertz CT molecular complexity index is 1300. The molecule has 0 bridgehead atoms. The lowest BCUT2D eigenvalue weighted by Crippen LogP contribution is -2.47. The number of morpholine rings is 1. The van der Waals surface area contributed by atoms with Crippen molar-refractivity contribution in [2.24, 2.45) is 5.92 Å². The first kappa shape index (κ1) is 29.9. The molecule has 4 rings (SSSR count). The van der Waals surface area contributed by atoms with E-state index in [0.717, 1.165) is 42.7 Å². The molecule has 3 aromatic rings. The Kier molecular flexibility index (Phi) is 10.8. The van der Waals surface area contributed by atoms with E-state index in [1.807, 2.05) is 42.5 Å². The number of hydrogen-bond donors (Lipinski definition) is 3. The second-order valence-corrected chi connectivity index (χ2v) is 11.1. The number of hydrogen-bond acceptors (Lipinski definition) is 5. The monoisotopic (exact) mass is 583 g/mol. The third-order valence-corrected chi connectivity index (χ3v) is 7.61. The number of carbonyl (C=O) groups is 2. The quantitative estimate of drug-likeness (QED) is 0.299. The third-order valence-electron chi connectivity index (χ3n) is 6.87. The van der Waals surface area contributed by atoms with E-state index in [1.165, 1.54) is 6.07 Å². The first-order valence-corrected chi connectivity index (χ1v) is 14.2. The molecule has 0 saturated carbocycles. The number of nitrogens with zero attached hydrogens (tertiary/aromatic N) is 1. The maximum absolute atomic E-state index is 12.6. The van der Waals surface area contributed by atoms with Crippen molar-refractivity contribution in [2.75, 3.05) is 32.8 Å². The van der Waals surface area contributed by atoms with E-state index in [9.17, 15) is 14.7 Å². The molecule has 2 atom stereocenters. The Balaban J connectivity index is 1.16. The van der Waals surface area contributed by atoms with Crippen LogP contribution in [0.15, 0.2) is 66.7 Å². The highest BCUT2D eigenvalue weighted by Gasteiger charge is 2.21. The summed E-state index contributed by atoms with van der Waals surface area (Å²) < 4.78 is 5.87. The summed E-state index contributed by atoms with van der Waals surface area (Å²) in [6.07, 6.45) is 1.01. The highest BCUT2D eigenvalue weighted by Crippen LogP contribution is 2.23. The van der Waals surface area contributed by atoms with Gasteiger partial charge in [0.1, 0.15) is 5.75 Å². The summed E-state index contributed by atoms with van der Waals surface area (Å²) in [7, 11) is 0. The van der Waals surface area contributed by atoms with Gasteiger partial charge >= 0.3 is 0 Å². The number of benzene rings is 3. The van der Waals surface area contributed by atoms with Crippen LogP contribution in [0.25, 0.3) is 0 Å². The standard InChI is InChI=1S/C31H35Cl2N3O4/c1-21(17-35-31(39)26-4-2-3-5-29(26)37)14-22-6-8-23(9-7-22)16-30(38)34-18-25-20-36(12-13-40-25)19-24-10-11-27(32)28(33)15-24/h2-11,15,21,25,37H,12-14,16-20H2,1H3,(H,34,38)(H,35,39). The zero-order valence-electron chi connectivity index (χ0n) is 22.5. The molecule has 7 nitrogen and oxygen atoms in total. The van der Waals surface area contributed by atoms with Gasteiger partial charge in [0.25, 0.3) is 5.91 Å².